The predicted molar refractivity (Wildman–Crippen MR) is 116 cm³/mol. The first-order chi connectivity index (χ1) is 14.9. The van der Waals surface area contributed by atoms with Crippen molar-refractivity contribution in [3.63, 3.8) is 0 Å². The molecule has 1 aromatic carbocycles. The molecule has 1 fully saturated rings. The van der Waals surface area contributed by atoms with Gasteiger partial charge in [0, 0.05) is 30.5 Å². The highest BCUT2D eigenvalue weighted by Crippen LogP contribution is 2.40. The van der Waals surface area contributed by atoms with Crippen molar-refractivity contribution in [2.45, 2.75) is 38.7 Å². The molecule has 0 saturated carbocycles. The third-order valence-corrected chi connectivity index (χ3v) is 6.29. The number of aryl methyl sites for hydroxylation is 2. The molecule has 8 nitrogen and oxygen atoms in total. The van der Waals surface area contributed by atoms with E-state index in [0.717, 1.165) is 34.8 Å². The number of rotatable bonds is 2. The fourth-order valence-corrected chi connectivity index (χ4v) is 4.69. The highest BCUT2D eigenvalue weighted by molar-refractivity contribution is 5.94. The topological polar surface area (TPSA) is 99.2 Å². The Morgan fingerprint density at radius 3 is 2.58 bits per heavy atom. The van der Waals surface area contributed by atoms with Crippen LogP contribution in [0.2, 0.25) is 0 Å². The summed E-state index contributed by atoms with van der Waals surface area (Å²) in [5.74, 6) is 0.304. The third kappa shape index (κ3) is 3.46. The Balaban J connectivity index is 1.31. The summed E-state index contributed by atoms with van der Waals surface area (Å²) in [6.07, 6.45) is 4.00. The summed E-state index contributed by atoms with van der Waals surface area (Å²) in [5.41, 5.74) is 11.0. The fraction of sp³-hybridized carbons (Fsp3) is 0.391. The zero-order valence-corrected chi connectivity index (χ0v) is 17.8. The van der Waals surface area contributed by atoms with Crippen LogP contribution in [0.4, 0.5) is 5.95 Å². The van der Waals surface area contributed by atoms with Gasteiger partial charge >= 0.3 is 0 Å². The minimum absolute atomic E-state index is 0.0352. The standard InChI is InChI=1S/C23H26N6O2/c1-15-13-16(2)29(27-15)19-5-3-17(4-6-19)21(30)28-10-8-23(9-11-28)20-18(7-12-31-23)14-25-22(24)26-20/h3-6,13-14H,7-12H2,1-2H3,(H2,24,25,26). The Kier molecular flexibility index (Phi) is 4.74. The number of benzene rings is 1. The monoisotopic (exact) mass is 418 g/mol. The van der Waals surface area contributed by atoms with Crippen molar-refractivity contribution in [1.29, 1.82) is 0 Å². The number of likely N-dealkylation sites (tertiary alicyclic amines) is 1. The molecule has 0 atom stereocenters. The number of nitrogen functional groups attached to an aromatic ring is 1. The predicted octanol–water partition coefficient (Wildman–Crippen LogP) is 2.57. The van der Waals surface area contributed by atoms with Crippen LogP contribution in [0.15, 0.2) is 36.5 Å². The number of anilines is 1. The third-order valence-electron chi connectivity index (χ3n) is 6.29. The van der Waals surface area contributed by atoms with Crippen LogP contribution >= 0.6 is 0 Å². The average Bonchev–Trinajstić information content (AvgIpc) is 3.12. The van der Waals surface area contributed by atoms with Crippen LogP contribution in [0.5, 0.6) is 0 Å². The highest BCUT2D eigenvalue weighted by Gasteiger charge is 2.43. The van der Waals surface area contributed by atoms with Crippen molar-refractivity contribution < 1.29 is 9.53 Å². The largest absolute Gasteiger partial charge is 0.368 e. The molecule has 2 aliphatic heterocycles. The van der Waals surface area contributed by atoms with Gasteiger partial charge in [0.05, 0.1) is 23.7 Å². The summed E-state index contributed by atoms with van der Waals surface area (Å²) in [6.45, 7) is 5.86. The number of nitrogens with zero attached hydrogens (tertiary/aromatic N) is 5. The second-order valence-corrected chi connectivity index (χ2v) is 8.37. The van der Waals surface area contributed by atoms with E-state index in [-0.39, 0.29) is 11.9 Å². The van der Waals surface area contributed by atoms with Crippen LogP contribution in [0.3, 0.4) is 0 Å². The van der Waals surface area contributed by atoms with Crippen molar-refractivity contribution in [2.24, 2.45) is 0 Å². The molecule has 1 spiro atoms. The van der Waals surface area contributed by atoms with E-state index in [1.54, 1.807) is 0 Å². The van der Waals surface area contributed by atoms with Crippen molar-refractivity contribution in [3.8, 4) is 5.69 Å². The summed E-state index contributed by atoms with van der Waals surface area (Å²) in [4.78, 5) is 23.6. The molecule has 2 aliphatic rings. The smallest absolute Gasteiger partial charge is 0.253 e. The molecule has 31 heavy (non-hydrogen) atoms. The van der Waals surface area contributed by atoms with Gasteiger partial charge in [-0.1, -0.05) is 0 Å². The van der Waals surface area contributed by atoms with Gasteiger partial charge in [0.1, 0.15) is 5.60 Å². The molecule has 3 aromatic rings. The van der Waals surface area contributed by atoms with E-state index in [4.69, 9.17) is 10.5 Å². The number of aromatic nitrogens is 4. The first kappa shape index (κ1) is 19.7. The van der Waals surface area contributed by atoms with Crippen LogP contribution in [-0.4, -0.2) is 50.3 Å². The van der Waals surface area contributed by atoms with Crippen LogP contribution in [-0.2, 0) is 16.8 Å². The van der Waals surface area contributed by atoms with Gasteiger partial charge in [-0.15, -0.1) is 0 Å². The summed E-state index contributed by atoms with van der Waals surface area (Å²) >= 11 is 0. The molecular weight excluding hydrogens is 392 g/mol. The lowest BCUT2D eigenvalue weighted by Crippen LogP contribution is -2.49. The van der Waals surface area contributed by atoms with E-state index >= 15 is 0 Å². The maximum atomic E-state index is 13.1. The van der Waals surface area contributed by atoms with Crippen molar-refractivity contribution >= 4 is 11.9 Å². The van der Waals surface area contributed by atoms with Gasteiger partial charge in [-0.3, -0.25) is 4.79 Å². The molecule has 160 valence electrons. The van der Waals surface area contributed by atoms with Crippen LogP contribution in [0.1, 0.15) is 45.8 Å². The summed E-state index contributed by atoms with van der Waals surface area (Å²) in [6, 6.07) is 9.67. The Morgan fingerprint density at radius 1 is 1.16 bits per heavy atom. The lowest BCUT2D eigenvalue weighted by Gasteiger charge is -2.44. The Bertz CT molecular complexity index is 1130. The van der Waals surface area contributed by atoms with Gasteiger partial charge in [-0.05, 0) is 69.0 Å². The summed E-state index contributed by atoms with van der Waals surface area (Å²) in [7, 11) is 0. The minimum Gasteiger partial charge on any atom is -0.368 e. The quantitative estimate of drug-likeness (QED) is 0.687. The van der Waals surface area contributed by atoms with E-state index in [1.165, 1.54) is 0 Å². The number of fused-ring (bicyclic) bond motifs is 2. The molecule has 2 aromatic heterocycles. The zero-order valence-electron chi connectivity index (χ0n) is 17.8. The fourth-order valence-electron chi connectivity index (χ4n) is 4.69. The van der Waals surface area contributed by atoms with Gasteiger partial charge in [0.15, 0.2) is 0 Å². The molecule has 1 saturated heterocycles. The molecular formula is C23H26N6O2. The van der Waals surface area contributed by atoms with E-state index in [9.17, 15) is 4.79 Å². The number of ether oxygens (including phenoxy) is 1. The molecule has 5 rings (SSSR count). The highest BCUT2D eigenvalue weighted by atomic mass is 16.5. The molecule has 0 aliphatic carbocycles. The molecule has 0 bridgehead atoms. The molecule has 8 heteroatoms. The van der Waals surface area contributed by atoms with Gasteiger partial charge in [0.2, 0.25) is 5.95 Å². The molecule has 0 unspecified atom stereocenters. The molecule has 0 radical (unpaired) electrons. The number of amides is 1. The van der Waals surface area contributed by atoms with Gasteiger partial charge in [0.25, 0.3) is 5.91 Å². The van der Waals surface area contributed by atoms with E-state index in [1.807, 2.05) is 60.0 Å². The second kappa shape index (κ2) is 7.46. The van der Waals surface area contributed by atoms with E-state index in [2.05, 4.69) is 15.1 Å². The Morgan fingerprint density at radius 2 is 1.90 bits per heavy atom. The van der Waals surface area contributed by atoms with Crippen LogP contribution in [0.25, 0.3) is 5.69 Å². The number of hydrogen-bond acceptors (Lipinski definition) is 6. The van der Waals surface area contributed by atoms with Gasteiger partial charge in [-0.25, -0.2) is 14.6 Å². The lowest BCUT2D eigenvalue weighted by atomic mass is 9.83. The Hall–Kier alpha value is -3.26. The minimum atomic E-state index is -0.471. The van der Waals surface area contributed by atoms with E-state index < -0.39 is 5.60 Å². The zero-order chi connectivity index (χ0) is 21.6. The van der Waals surface area contributed by atoms with Crippen molar-refractivity contribution in [1.82, 2.24) is 24.6 Å². The number of hydrogen-bond donors (Lipinski definition) is 1. The maximum Gasteiger partial charge on any atom is 0.253 e. The molecule has 2 N–H and O–H groups in total. The first-order valence-corrected chi connectivity index (χ1v) is 10.6. The summed E-state index contributed by atoms with van der Waals surface area (Å²) in [5, 5.41) is 4.51. The normalized spacial score (nSPS) is 17.5. The number of nitrogens with two attached hydrogens (primary N) is 1. The number of carbonyl (C=O) groups is 1. The first-order valence-electron chi connectivity index (χ1n) is 10.6. The van der Waals surface area contributed by atoms with Crippen molar-refractivity contribution in [2.75, 3.05) is 25.4 Å². The lowest BCUT2D eigenvalue weighted by molar-refractivity contribution is -0.0966. The van der Waals surface area contributed by atoms with Crippen molar-refractivity contribution in [3.05, 3.63) is 64.7 Å². The Labute approximate surface area is 181 Å². The number of piperidine rings is 1. The number of carbonyl (C=O) groups excluding carboxylic acids is 1. The second-order valence-electron chi connectivity index (χ2n) is 8.37. The molecule has 4 heterocycles. The SMILES string of the molecule is Cc1cc(C)n(-c2ccc(C(=O)N3CCC4(CC3)OCCc3cnc(N)nc34)cc2)n1. The van der Waals surface area contributed by atoms with Gasteiger partial charge in [-0.2, -0.15) is 5.10 Å². The van der Waals surface area contributed by atoms with Crippen LogP contribution < -0.4 is 5.73 Å². The van der Waals surface area contributed by atoms with Crippen LogP contribution in [0, 0.1) is 13.8 Å². The average molecular weight is 419 g/mol. The van der Waals surface area contributed by atoms with Gasteiger partial charge < -0.3 is 15.4 Å². The molecule has 1 amide bonds. The summed E-state index contributed by atoms with van der Waals surface area (Å²) < 4.78 is 8.09. The van der Waals surface area contributed by atoms with E-state index in [0.29, 0.717) is 38.1 Å². The maximum absolute atomic E-state index is 13.1.